The second kappa shape index (κ2) is 5.16. The van der Waals surface area contributed by atoms with Crippen LogP contribution < -0.4 is 5.32 Å². The molecule has 3 rings (SSSR count). The average molecular weight is 322 g/mol. The molecule has 3 heteroatoms. The first-order valence-electron chi connectivity index (χ1n) is 6.30. The molecule has 1 nitrogen and oxygen atoms in total. The van der Waals surface area contributed by atoms with Crippen LogP contribution in [0.15, 0.2) is 34.1 Å². The van der Waals surface area contributed by atoms with Gasteiger partial charge in [-0.05, 0) is 54.0 Å². The second-order valence-electron chi connectivity index (χ2n) is 4.88. The summed E-state index contributed by atoms with van der Waals surface area (Å²) >= 11 is 5.33. The lowest BCUT2D eigenvalue weighted by Crippen LogP contribution is -2.15. The summed E-state index contributed by atoms with van der Waals surface area (Å²) < 4.78 is 1.14. The molecule has 1 aliphatic carbocycles. The van der Waals surface area contributed by atoms with Gasteiger partial charge in [0.15, 0.2) is 0 Å². The molecule has 18 heavy (non-hydrogen) atoms. The van der Waals surface area contributed by atoms with Crippen LogP contribution in [-0.2, 0) is 6.54 Å². The largest absolute Gasteiger partial charge is 0.310 e. The van der Waals surface area contributed by atoms with Crippen LogP contribution in [-0.4, -0.2) is 6.04 Å². The van der Waals surface area contributed by atoms with Crippen molar-refractivity contribution in [2.24, 2.45) is 0 Å². The Labute approximate surface area is 120 Å². The highest BCUT2D eigenvalue weighted by molar-refractivity contribution is 9.10. The third-order valence-corrected chi connectivity index (χ3v) is 5.11. The maximum Gasteiger partial charge on any atom is 0.0375 e. The van der Waals surface area contributed by atoms with Crippen molar-refractivity contribution in [3.63, 3.8) is 0 Å². The first-order chi connectivity index (χ1) is 8.74. The molecule has 94 valence electrons. The number of hydrogen-bond donors (Lipinski definition) is 1. The molecular formula is C15H16BrNS. The smallest absolute Gasteiger partial charge is 0.0375 e. The molecule has 0 bridgehead atoms. The van der Waals surface area contributed by atoms with Crippen LogP contribution in [0.25, 0.3) is 10.4 Å². The molecule has 0 spiro atoms. The Morgan fingerprint density at radius 1 is 1.28 bits per heavy atom. The summed E-state index contributed by atoms with van der Waals surface area (Å²) in [5, 5.41) is 5.88. The summed E-state index contributed by atoms with van der Waals surface area (Å²) in [7, 11) is 0. The van der Waals surface area contributed by atoms with Gasteiger partial charge in [0.1, 0.15) is 0 Å². The molecule has 0 unspecified atom stereocenters. The summed E-state index contributed by atoms with van der Waals surface area (Å²) in [6.07, 6.45) is 2.70. The number of thiophene rings is 1. The van der Waals surface area contributed by atoms with E-state index in [9.17, 15) is 0 Å². The molecule has 1 N–H and O–H groups in total. The van der Waals surface area contributed by atoms with Crippen molar-refractivity contribution in [1.82, 2.24) is 5.32 Å². The van der Waals surface area contributed by atoms with Gasteiger partial charge in [-0.2, -0.15) is 0 Å². The molecule has 1 aromatic carbocycles. The van der Waals surface area contributed by atoms with E-state index in [0.29, 0.717) is 0 Å². The van der Waals surface area contributed by atoms with Gasteiger partial charge in [-0.15, -0.1) is 11.3 Å². The number of hydrogen-bond acceptors (Lipinski definition) is 2. The number of rotatable bonds is 4. The molecule has 0 atom stereocenters. The third-order valence-electron chi connectivity index (χ3n) is 3.41. The molecule has 0 saturated heterocycles. The van der Waals surface area contributed by atoms with Gasteiger partial charge in [0, 0.05) is 21.9 Å². The Kier molecular flexibility index (Phi) is 3.55. The van der Waals surface area contributed by atoms with Crippen molar-refractivity contribution in [2.45, 2.75) is 32.4 Å². The van der Waals surface area contributed by atoms with Crippen molar-refractivity contribution in [1.29, 1.82) is 0 Å². The van der Waals surface area contributed by atoms with Crippen LogP contribution in [0.2, 0.25) is 0 Å². The van der Waals surface area contributed by atoms with Gasteiger partial charge >= 0.3 is 0 Å². The number of halogens is 1. The Morgan fingerprint density at radius 3 is 2.67 bits per heavy atom. The Morgan fingerprint density at radius 2 is 2.00 bits per heavy atom. The molecule has 1 heterocycles. The lowest BCUT2D eigenvalue weighted by atomic mass is 10.1. The van der Waals surface area contributed by atoms with E-state index in [4.69, 9.17) is 0 Å². The zero-order chi connectivity index (χ0) is 12.5. The zero-order valence-electron chi connectivity index (χ0n) is 10.4. The fraction of sp³-hybridized carbons (Fsp3) is 0.333. The quantitative estimate of drug-likeness (QED) is 0.857. The van der Waals surface area contributed by atoms with Crippen LogP contribution in [0.1, 0.15) is 24.0 Å². The van der Waals surface area contributed by atoms with Crippen LogP contribution in [0.5, 0.6) is 0 Å². The van der Waals surface area contributed by atoms with Gasteiger partial charge in [0.25, 0.3) is 0 Å². The molecule has 1 fully saturated rings. The van der Waals surface area contributed by atoms with Gasteiger partial charge in [-0.25, -0.2) is 0 Å². The molecule has 0 aliphatic heterocycles. The Hall–Kier alpha value is -0.640. The van der Waals surface area contributed by atoms with E-state index in [1.165, 1.54) is 34.4 Å². The van der Waals surface area contributed by atoms with Gasteiger partial charge in [-0.3, -0.25) is 0 Å². The standard InChI is InChI=1S/C15H16BrNS/c1-10-12(8-17-14-6-7-14)9-18-15(10)11-2-4-13(16)5-3-11/h2-5,9,14,17H,6-8H2,1H3. The van der Waals surface area contributed by atoms with E-state index in [1.54, 1.807) is 0 Å². The fourth-order valence-corrected chi connectivity index (χ4v) is 3.42. The zero-order valence-corrected chi connectivity index (χ0v) is 12.8. The monoisotopic (exact) mass is 321 g/mol. The van der Waals surface area contributed by atoms with Crippen molar-refractivity contribution in [3.8, 4) is 10.4 Å². The van der Waals surface area contributed by atoms with Crippen molar-refractivity contribution >= 4 is 27.3 Å². The maximum absolute atomic E-state index is 3.59. The Balaban J connectivity index is 1.81. The van der Waals surface area contributed by atoms with Gasteiger partial charge in [0.2, 0.25) is 0 Å². The summed E-state index contributed by atoms with van der Waals surface area (Å²) in [5.41, 5.74) is 4.19. The predicted octanol–water partition coefficient (Wildman–Crippen LogP) is 4.74. The number of benzene rings is 1. The van der Waals surface area contributed by atoms with Crippen LogP contribution >= 0.6 is 27.3 Å². The highest BCUT2D eigenvalue weighted by Gasteiger charge is 2.20. The molecule has 0 amide bonds. The molecule has 1 aliphatic rings. The van der Waals surface area contributed by atoms with Crippen molar-refractivity contribution < 1.29 is 0 Å². The van der Waals surface area contributed by atoms with Crippen molar-refractivity contribution in [2.75, 3.05) is 0 Å². The van der Waals surface area contributed by atoms with E-state index in [2.05, 4.69) is 57.8 Å². The summed E-state index contributed by atoms with van der Waals surface area (Å²) in [5.74, 6) is 0. The second-order valence-corrected chi connectivity index (χ2v) is 6.67. The first-order valence-corrected chi connectivity index (χ1v) is 7.97. The van der Waals surface area contributed by atoms with Crippen molar-refractivity contribution in [3.05, 3.63) is 45.2 Å². The topological polar surface area (TPSA) is 12.0 Å². The highest BCUT2D eigenvalue weighted by atomic mass is 79.9. The average Bonchev–Trinajstić information content (AvgIpc) is 3.13. The first kappa shape index (κ1) is 12.4. The summed E-state index contributed by atoms with van der Waals surface area (Å²) in [4.78, 5) is 1.40. The lowest BCUT2D eigenvalue weighted by molar-refractivity contribution is 0.687. The highest BCUT2D eigenvalue weighted by Crippen LogP contribution is 2.33. The molecule has 1 saturated carbocycles. The predicted molar refractivity (Wildman–Crippen MR) is 82.1 cm³/mol. The van der Waals surface area contributed by atoms with Gasteiger partial charge in [0.05, 0.1) is 0 Å². The molecular weight excluding hydrogens is 306 g/mol. The lowest BCUT2D eigenvalue weighted by Gasteiger charge is -2.04. The normalized spacial score (nSPS) is 15.0. The van der Waals surface area contributed by atoms with Crippen LogP contribution in [0.4, 0.5) is 0 Å². The molecule has 2 aromatic rings. The van der Waals surface area contributed by atoms with E-state index in [-0.39, 0.29) is 0 Å². The number of nitrogens with one attached hydrogen (secondary N) is 1. The molecule has 0 radical (unpaired) electrons. The van der Waals surface area contributed by atoms with E-state index >= 15 is 0 Å². The van der Waals surface area contributed by atoms with Crippen LogP contribution in [0.3, 0.4) is 0 Å². The van der Waals surface area contributed by atoms with Gasteiger partial charge < -0.3 is 5.32 Å². The molecule has 1 aromatic heterocycles. The third kappa shape index (κ3) is 2.68. The van der Waals surface area contributed by atoms with E-state index < -0.39 is 0 Å². The van der Waals surface area contributed by atoms with E-state index in [0.717, 1.165) is 17.1 Å². The Bertz CT molecular complexity index is 540. The minimum atomic E-state index is 0.778. The fourth-order valence-electron chi connectivity index (χ4n) is 2.05. The van der Waals surface area contributed by atoms with Gasteiger partial charge in [-0.1, -0.05) is 28.1 Å². The minimum Gasteiger partial charge on any atom is -0.310 e. The minimum absolute atomic E-state index is 0.778. The summed E-state index contributed by atoms with van der Waals surface area (Å²) in [6.45, 7) is 3.25. The maximum atomic E-state index is 3.59. The SMILES string of the molecule is Cc1c(CNC2CC2)csc1-c1ccc(Br)cc1. The summed E-state index contributed by atoms with van der Waals surface area (Å²) in [6, 6.07) is 9.36. The van der Waals surface area contributed by atoms with Crippen LogP contribution in [0, 0.1) is 6.92 Å². The van der Waals surface area contributed by atoms with E-state index in [1.807, 2.05) is 11.3 Å².